The van der Waals surface area contributed by atoms with E-state index in [-0.39, 0.29) is 12.5 Å². The fourth-order valence-electron chi connectivity index (χ4n) is 2.36. The number of rotatable bonds is 5. The van der Waals surface area contributed by atoms with E-state index in [1.54, 1.807) is 6.07 Å². The third-order valence-electron chi connectivity index (χ3n) is 3.49. The summed E-state index contributed by atoms with van der Waals surface area (Å²) in [6, 6.07) is 21.1. The Balaban J connectivity index is 1.58. The molecule has 3 aromatic rings. The van der Waals surface area contributed by atoms with Crippen LogP contribution in [0.3, 0.4) is 0 Å². The minimum absolute atomic E-state index is 0.0193. The van der Waals surface area contributed by atoms with E-state index in [1.807, 2.05) is 60.7 Å². The van der Waals surface area contributed by atoms with E-state index in [4.69, 9.17) is 16.3 Å². The first kappa shape index (κ1) is 15.4. The van der Waals surface area contributed by atoms with Crippen molar-refractivity contribution in [2.45, 2.75) is 6.54 Å². The summed E-state index contributed by atoms with van der Waals surface area (Å²) in [7, 11) is 0. The Morgan fingerprint density at radius 3 is 2.65 bits per heavy atom. The number of carbonyl (C=O) groups is 1. The number of benzene rings is 3. The molecule has 0 saturated heterocycles. The highest BCUT2D eigenvalue weighted by Gasteiger charge is 2.06. The monoisotopic (exact) mass is 325 g/mol. The fourth-order valence-corrected chi connectivity index (χ4v) is 2.58. The number of hydrogen-bond acceptors (Lipinski definition) is 2. The second-order valence-corrected chi connectivity index (χ2v) is 5.61. The third-order valence-corrected chi connectivity index (χ3v) is 3.72. The molecule has 1 N–H and O–H groups in total. The van der Waals surface area contributed by atoms with Crippen molar-refractivity contribution in [3.8, 4) is 5.75 Å². The molecule has 0 unspecified atom stereocenters. The van der Waals surface area contributed by atoms with Crippen molar-refractivity contribution in [2.75, 3.05) is 6.61 Å². The first-order chi connectivity index (χ1) is 11.2. The molecule has 0 aromatic heterocycles. The zero-order valence-corrected chi connectivity index (χ0v) is 13.2. The summed E-state index contributed by atoms with van der Waals surface area (Å²) in [4.78, 5) is 11.9. The maximum Gasteiger partial charge on any atom is 0.258 e. The normalized spacial score (nSPS) is 10.5. The summed E-state index contributed by atoms with van der Waals surface area (Å²) in [5.41, 5.74) is 0.955. The van der Waals surface area contributed by atoms with Gasteiger partial charge in [-0.2, -0.15) is 0 Å². The lowest BCUT2D eigenvalue weighted by Crippen LogP contribution is -2.28. The van der Waals surface area contributed by atoms with Gasteiger partial charge >= 0.3 is 0 Å². The minimum atomic E-state index is -0.169. The molecular weight excluding hydrogens is 310 g/mol. The number of ether oxygens (including phenoxy) is 1. The van der Waals surface area contributed by atoms with E-state index in [0.29, 0.717) is 17.3 Å². The first-order valence-corrected chi connectivity index (χ1v) is 7.72. The Hall–Kier alpha value is -2.52. The Morgan fingerprint density at radius 2 is 1.78 bits per heavy atom. The summed E-state index contributed by atoms with van der Waals surface area (Å²) < 4.78 is 5.66. The van der Waals surface area contributed by atoms with Crippen molar-refractivity contribution in [2.24, 2.45) is 0 Å². The SMILES string of the molecule is O=C(COc1cccc2ccccc12)NCc1cccc(Cl)c1. The van der Waals surface area contributed by atoms with Gasteiger partial charge in [0.1, 0.15) is 5.75 Å². The van der Waals surface area contributed by atoms with Crippen molar-refractivity contribution < 1.29 is 9.53 Å². The second-order valence-electron chi connectivity index (χ2n) is 5.17. The highest BCUT2D eigenvalue weighted by molar-refractivity contribution is 6.30. The van der Waals surface area contributed by atoms with E-state index in [1.165, 1.54) is 0 Å². The first-order valence-electron chi connectivity index (χ1n) is 7.34. The number of halogens is 1. The van der Waals surface area contributed by atoms with Gasteiger partial charge in [-0.3, -0.25) is 4.79 Å². The van der Waals surface area contributed by atoms with Gasteiger partial charge in [0.2, 0.25) is 0 Å². The summed E-state index contributed by atoms with van der Waals surface area (Å²) in [6.45, 7) is 0.410. The van der Waals surface area contributed by atoms with Crippen molar-refractivity contribution in [3.63, 3.8) is 0 Å². The number of nitrogens with one attached hydrogen (secondary N) is 1. The van der Waals surface area contributed by atoms with Crippen LogP contribution in [0.25, 0.3) is 10.8 Å². The minimum Gasteiger partial charge on any atom is -0.483 e. The van der Waals surface area contributed by atoms with E-state index < -0.39 is 0 Å². The topological polar surface area (TPSA) is 38.3 Å². The van der Waals surface area contributed by atoms with Crippen molar-refractivity contribution >= 4 is 28.3 Å². The molecule has 0 bridgehead atoms. The standard InChI is InChI=1S/C19H16ClNO2/c20-16-8-3-5-14(11-16)12-21-19(22)13-23-18-10-4-7-15-6-1-2-9-17(15)18/h1-11H,12-13H2,(H,21,22). The van der Waals surface area contributed by atoms with Crippen molar-refractivity contribution in [3.05, 3.63) is 77.3 Å². The molecule has 23 heavy (non-hydrogen) atoms. The Morgan fingerprint density at radius 1 is 1.00 bits per heavy atom. The van der Waals surface area contributed by atoms with E-state index >= 15 is 0 Å². The van der Waals surface area contributed by atoms with Crippen LogP contribution in [0.4, 0.5) is 0 Å². The molecule has 1 amide bonds. The smallest absolute Gasteiger partial charge is 0.258 e. The molecule has 0 aliphatic carbocycles. The third kappa shape index (κ3) is 4.02. The largest absolute Gasteiger partial charge is 0.483 e. The van der Waals surface area contributed by atoms with Crippen LogP contribution in [0, 0.1) is 0 Å². The fraction of sp³-hybridized carbons (Fsp3) is 0.105. The van der Waals surface area contributed by atoms with Crippen LogP contribution in [0.15, 0.2) is 66.7 Å². The van der Waals surface area contributed by atoms with Gasteiger partial charge in [-0.15, -0.1) is 0 Å². The Labute approximate surface area is 139 Å². The van der Waals surface area contributed by atoms with Gasteiger partial charge in [0.25, 0.3) is 5.91 Å². The molecule has 0 aliphatic heterocycles. The van der Waals surface area contributed by atoms with Gasteiger partial charge in [-0.1, -0.05) is 60.1 Å². The molecule has 0 spiro atoms. The van der Waals surface area contributed by atoms with Crippen LogP contribution in [-0.4, -0.2) is 12.5 Å². The Kier molecular flexibility index (Phi) is 4.79. The maximum atomic E-state index is 11.9. The molecule has 0 saturated carbocycles. The zero-order chi connectivity index (χ0) is 16.1. The molecule has 3 aromatic carbocycles. The molecule has 0 radical (unpaired) electrons. The predicted octanol–water partition coefficient (Wildman–Crippen LogP) is 4.19. The lowest BCUT2D eigenvalue weighted by atomic mass is 10.1. The number of fused-ring (bicyclic) bond motifs is 1. The maximum absolute atomic E-state index is 11.9. The van der Waals surface area contributed by atoms with Crippen LogP contribution in [0.1, 0.15) is 5.56 Å². The van der Waals surface area contributed by atoms with Crippen LogP contribution in [0.5, 0.6) is 5.75 Å². The molecule has 0 heterocycles. The molecular formula is C19H16ClNO2. The average Bonchev–Trinajstić information content (AvgIpc) is 2.58. The molecule has 3 rings (SSSR count). The molecule has 116 valence electrons. The van der Waals surface area contributed by atoms with E-state index in [9.17, 15) is 4.79 Å². The van der Waals surface area contributed by atoms with Crippen LogP contribution in [-0.2, 0) is 11.3 Å². The Bertz CT molecular complexity index is 827. The quantitative estimate of drug-likeness (QED) is 0.764. The lowest BCUT2D eigenvalue weighted by molar-refractivity contribution is -0.123. The summed E-state index contributed by atoms with van der Waals surface area (Å²) >= 11 is 5.92. The molecule has 0 atom stereocenters. The van der Waals surface area contributed by atoms with Crippen LogP contribution < -0.4 is 10.1 Å². The van der Waals surface area contributed by atoms with Gasteiger partial charge in [0.15, 0.2) is 6.61 Å². The van der Waals surface area contributed by atoms with Gasteiger partial charge in [-0.05, 0) is 29.1 Å². The molecule has 3 nitrogen and oxygen atoms in total. The predicted molar refractivity (Wildman–Crippen MR) is 92.7 cm³/mol. The average molecular weight is 326 g/mol. The van der Waals surface area contributed by atoms with Gasteiger partial charge < -0.3 is 10.1 Å². The number of hydrogen-bond donors (Lipinski definition) is 1. The highest BCUT2D eigenvalue weighted by Crippen LogP contribution is 2.24. The van der Waals surface area contributed by atoms with Crippen molar-refractivity contribution in [1.29, 1.82) is 0 Å². The van der Waals surface area contributed by atoms with Crippen molar-refractivity contribution in [1.82, 2.24) is 5.32 Å². The van der Waals surface area contributed by atoms with E-state index in [0.717, 1.165) is 16.3 Å². The van der Waals surface area contributed by atoms with Gasteiger partial charge in [0, 0.05) is 17.0 Å². The molecule has 0 aliphatic rings. The second kappa shape index (κ2) is 7.16. The van der Waals surface area contributed by atoms with Crippen LogP contribution >= 0.6 is 11.6 Å². The van der Waals surface area contributed by atoms with Crippen LogP contribution in [0.2, 0.25) is 5.02 Å². The summed E-state index contributed by atoms with van der Waals surface area (Å²) in [5.74, 6) is 0.541. The number of carbonyl (C=O) groups excluding carboxylic acids is 1. The zero-order valence-electron chi connectivity index (χ0n) is 12.5. The van der Waals surface area contributed by atoms with Gasteiger partial charge in [-0.25, -0.2) is 0 Å². The van der Waals surface area contributed by atoms with E-state index in [2.05, 4.69) is 5.32 Å². The highest BCUT2D eigenvalue weighted by atomic mass is 35.5. The van der Waals surface area contributed by atoms with Gasteiger partial charge in [0.05, 0.1) is 0 Å². The molecule has 0 fully saturated rings. The molecule has 4 heteroatoms. The summed E-state index contributed by atoms with van der Waals surface area (Å²) in [6.07, 6.45) is 0. The lowest BCUT2D eigenvalue weighted by Gasteiger charge is -2.10. The number of amides is 1. The summed E-state index contributed by atoms with van der Waals surface area (Å²) in [5, 5.41) is 5.56.